The maximum absolute atomic E-state index is 12.7. The molecule has 6 nitrogen and oxygen atoms in total. The van der Waals surface area contributed by atoms with Crippen molar-refractivity contribution in [3.8, 4) is 0 Å². The van der Waals surface area contributed by atoms with Crippen molar-refractivity contribution < 1.29 is 19.1 Å². The fourth-order valence-corrected chi connectivity index (χ4v) is 4.38. The molecule has 1 saturated carbocycles. The molecule has 1 heterocycles. The normalized spacial score (nSPS) is 14.4. The number of rotatable bonds is 6. The van der Waals surface area contributed by atoms with Gasteiger partial charge in [0.2, 0.25) is 5.91 Å². The molecule has 0 bridgehead atoms. The Hall–Kier alpha value is -1.89. The number of anilines is 1. The number of hydrogen-bond acceptors (Lipinski definition) is 5. The summed E-state index contributed by atoms with van der Waals surface area (Å²) in [6, 6.07) is 0. The van der Waals surface area contributed by atoms with Gasteiger partial charge in [-0.25, -0.2) is 4.79 Å². The minimum atomic E-state index is -0.533. The van der Waals surface area contributed by atoms with Crippen LogP contribution in [0.5, 0.6) is 0 Å². The second kappa shape index (κ2) is 8.47. The van der Waals surface area contributed by atoms with E-state index in [-0.39, 0.29) is 23.3 Å². The number of nitrogens with zero attached hydrogens (tertiary/aromatic N) is 1. The molecule has 25 heavy (non-hydrogen) atoms. The third-order valence-corrected chi connectivity index (χ3v) is 5.94. The first-order valence-corrected chi connectivity index (χ1v) is 9.57. The van der Waals surface area contributed by atoms with E-state index in [9.17, 15) is 14.4 Å². The number of esters is 1. The van der Waals surface area contributed by atoms with Crippen molar-refractivity contribution in [1.82, 2.24) is 4.90 Å². The number of methoxy groups -OCH3 is 1. The fourth-order valence-electron chi connectivity index (χ4n) is 3.21. The minimum Gasteiger partial charge on any atom is -0.465 e. The Bertz CT molecular complexity index is 658. The van der Waals surface area contributed by atoms with E-state index in [4.69, 9.17) is 4.74 Å². The highest BCUT2D eigenvalue weighted by Gasteiger charge is 2.30. The summed E-state index contributed by atoms with van der Waals surface area (Å²) in [5.41, 5.74) is 0.852. The third kappa shape index (κ3) is 4.03. The second-order valence-corrected chi connectivity index (χ2v) is 7.22. The number of nitrogens with one attached hydrogen (secondary N) is 1. The van der Waals surface area contributed by atoms with Crippen molar-refractivity contribution in [2.24, 2.45) is 5.92 Å². The molecule has 2 amide bonds. The van der Waals surface area contributed by atoms with Crippen LogP contribution in [0.3, 0.4) is 0 Å². The van der Waals surface area contributed by atoms with Crippen LogP contribution in [0.4, 0.5) is 5.00 Å². The summed E-state index contributed by atoms with van der Waals surface area (Å²) in [7, 11) is 1.30. The molecule has 0 aromatic carbocycles. The fraction of sp³-hybridized carbons (Fsp3) is 0.611. The van der Waals surface area contributed by atoms with E-state index in [1.54, 1.807) is 11.8 Å². The van der Waals surface area contributed by atoms with Gasteiger partial charge in [0.05, 0.1) is 17.6 Å². The monoisotopic (exact) mass is 366 g/mol. The van der Waals surface area contributed by atoms with Crippen LogP contribution in [0.15, 0.2) is 0 Å². The molecular formula is C18H26N2O4S. The van der Waals surface area contributed by atoms with Gasteiger partial charge in [0.25, 0.3) is 5.91 Å². The molecule has 1 aliphatic rings. The summed E-state index contributed by atoms with van der Waals surface area (Å²) >= 11 is 1.16. The van der Waals surface area contributed by atoms with Crippen molar-refractivity contribution in [3.63, 3.8) is 0 Å². The number of carbonyl (C=O) groups excluding carboxylic acids is 3. The van der Waals surface area contributed by atoms with E-state index in [1.807, 2.05) is 13.8 Å². The van der Waals surface area contributed by atoms with Crippen LogP contribution < -0.4 is 5.32 Å². The van der Waals surface area contributed by atoms with Crippen LogP contribution in [0.2, 0.25) is 0 Å². The van der Waals surface area contributed by atoms with Crippen molar-refractivity contribution >= 4 is 34.1 Å². The first-order valence-electron chi connectivity index (χ1n) is 8.76. The average molecular weight is 366 g/mol. The van der Waals surface area contributed by atoms with Gasteiger partial charge in [0.1, 0.15) is 5.00 Å². The molecule has 2 rings (SSSR count). The first-order chi connectivity index (χ1) is 11.9. The molecule has 0 unspecified atom stereocenters. The second-order valence-electron chi connectivity index (χ2n) is 6.20. The van der Waals surface area contributed by atoms with Crippen molar-refractivity contribution in [2.45, 2.75) is 46.5 Å². The van der Waals surface area contributed by atoms with Gasteiger partial charge < -0.3 is 15.0 Å². The average Bonchev–Trinajstić information content (AvgIpc) is 3.23. The molecule has 0 spiro atoms. The minimum absolute atomic E-state index is 0.0187. The molecule has 1 N–H and O–H groups in total. The van der Waals surface area contributed by atoms with Gasteiger partial charge in [-0.05, 0) is 39.2 Å². The Morgan fingerprint density at radius 2 is 1.80 bits per heavy atom. The van der Waals surface area contributed by atoms with Gasteiger partial charge in [-0.15, -0.1) is 11.3 Å². The number of thiophene rings is 1. The molecule has 1 aliphatic carbocycles. The number of ether oxygens (including phenoxy) is 1. The van der Waals surface area contributed by atoms with E-state index in [2.05, 4.69) is 5.32 Å². The quantitative estimate of drug-likeness (QED) is 0.783. The third-order valence-electron chi connectivity index (χ3n) is 4.74. The lowest BCUT2D eigenvalue weighted by Gasteiger charge is -2.17. The van der Waals surface area contributed by atoms with E-state index in [1.165, 1.54) is 7.11 Å². The van der Waals surface area contributed by atoms with Gasteiger partial charge in [0, 0.05) is 19.0 Å². The highest BCUT2D eigenvalue weighted by Crippen LogP contribution is 2.36. The van der Waals surface area contributed by atoms with E-state index in [0.29, 0.717) is 28.5 Å². The van der Waals surface area contributed by atoms with Crippen LogP contribution in [-0.4, -0.2) is 42.9 Å². The molecule has 0 atom stereocenters. The van der Waals surface area contributed by atoms with Crippen LogP contribution in [0.25, 0.3) is 0 Å². The number of carbonyl (C=O) groups is 3. The highest BCUT2D eigenvalue weighted by molar-refractivity contribution is 7.18. The van der Waals surface area contributed by atoms with E-state index < -0.39 is 5.97 Å². The zero-order valence-electron chi connectivity index (χ0n) is 15.3. The smallest absolute Gasteiger partial charge is 0.341 e. The van der Waals surface area contributed by atoms with E-state index in [0.717, 1.165) is 37.0 Å². The highest BCUT2D eigenvalue weighted by atomic mass is 32.1. The molecule has 1 fully saturated rings. The molecule has 1 aromatic rings. The molecule has 0 radical (unpaired) electrons. The predicted molar refractivity (Wildman–Crippen MR) is 98.2 cm³/mol. The Kier molecular flexibility index (Phi) is 6.58. The van der Waals surface area contributed by atoms with Crippen LogP contribution in [0.1, 0.15) is 65.1 Å². The SMILES string of the molecule is CCN(CC)C(=O)c1sc(NC(=O)C2CCCC2)c(C(=O)OC)c1C. The molecule has 0 saturated heterocycles. The zero-order chi connectivity index (χ0) is 18.6. The summed E-state index contributed by atoms with van der Waals surface area (Å²) < 4.78 is 4.86. The Labute approximate surface area is 152 Å². The van der Waals surface area contributed by atoms with Gasteiger partial charge >= 0.3 is 5.97 Å². The lowest BCUT2D eigenvalue weighted by Crippen LogP contribution is -2.30. The van der Waals surface area contributed by atoms with E-state index >= 15 is 0 Å². The van der Waals surface area contributed by atoms with Crippen molar-refractivity contribution in [2.75, 3.05) is 25.5 Å². The Balaban J connectivity index is 2.37. The Morgan fingerprint density at radius 3 is 2.32 bits per heavy atom. The topological polar surface area (TPSA) is 75.7 Å². The van der Waals surface area contributed by atoms with Crippen molar-refractivity contribution in [1.29, 1.82) is 0 Å². The van der Waals surface area contributed by atoms with Crippen LogP contribution >= 0.6 is 11.3 Å². The standard InChI is InChI=1S/C18H26N2O4S/c1-5-20(6-2)17(22)14-11(3)13(18(23)24-4)16(25-14)19-15(21)12-9-7-8-10-12/h12H,5-10H2,1-4H3,(H,19,21). The maximum Gasteiger partial charge on any atom is 0.341 e. The predicted octanol–water partition coefficient (Wildman–Crippen LogP) is 3.45. The van der Waals surface area contributed by atoms with Crippen LogP contribution in [-0.2, 0) is 9.53 Å². The largest absolute Gasteiger partial charge is 0.465 e. The molecule has 0 aliphatic heterocycles. The molecule has 138 valence electrons. The zero-order valence-corrected chi connectivity index (χ0v) is 16.1. The van der Waals surface area contributed by atoms with Crippen LogP contribution in [0, 0.1) is 12.8 Å². The molecule has 7 heteroatoms. The van der Waals surface area contributed by atoms with Gasteiger partial charge in [-0.1, -0.05) is 12.8 Å². The molecule has 1 aromatic heterocycles. The molecular weight excluding hydrogens is 340 g/mol. The van der Waals surface area contributed by atoms with Gasteiger partial charge in [-0.3, -0.25) is 9.59 Å². The lowest BCUT2D eigenvalue weighted by atomic mass is 10.1. The maximum atomic E-state index is 12.7. The summed E-state index contributed by atoms with van der Waals surface area (Å²) in [6.45, 7) is 6.72. The van der Waals surface area contributed by atoms with Gasteiger partial charge in [0.15, 0.2) is 0 Å². The summed E-state index contributed by atoms with van der Waals surface area (Å²) in [5, 5.41) is 3.28. The lowest BCUT2D eigenvalue weighted by molar-refractivity contribution is -0.119. The summed E-state index contributed by atoms with van der Waals surface area (Å²) in [5.74, 6) is -0.756. The van der Waals surface area contributed by atoms with Gasteiger partial charge in [-0.2, -0.15) is 0 Å². The first kappa shape index (κ1) is 19.4. The summed E-state index contributed by atoms with van der Waals surface area (Å²) in [6.07, 6.45) is 3.85. The summed E-state index contributed by atoms with van der Waals surface area (Å²) in [4.78, 5) is 39.6. The number of hydrogen-bond donors (Lipinski definition) is 1. The Morgan fingerprint density at radius 1 is 1.20 bits per heavy atom. The van der Waals surface area contributed by atoms with Crippen molar-refractivity contribution in [3.05, 3.63) is 16.0 Å². The number of amides is 2.